The SMILES string of the molecule is C[C@H](CC(=O)[C@H](C)NP(P)PP)C(=O)O. The molecule has 0 saturated heterocycles. The summed E-state index contributed by atoms with van der Waals surface area (Å²) in [5, 5.41) is 11.8. The van der Waals surface area contributed by atoms with Gasteiger partial charge in [-0.15, -0.1) is 8.93 Å². The number of aliphatic carboxylic acids is 1. The lowest BCUT2D eigenvalue weighted by Crippen LogP contribution is -2.31. The van der Waals surface area contributed by atoms with Crippen molar-refractivity contribution in [3.05, 3.63) is 0 Å². The average molecular weight is 287 g/mol. The first-order valence-electron chi connectivity index (χ1n) is 4.41. The second-order valence-corrected chi connectivity index (χ2v) is 12.2. The minimum absolute atomic E-state index is 0.0388. The fraction of sp³-hybridized carbons (Fsp3) is 0.714. The van der Waals surface area contributed by atoms with Gasteiger partial charge < -0.3 is 5.11 Å². The van der Waals surface area contributed by atoms with Crippen LogP contribution in [0, 0.1) is 5.92 Å². The van der Waals surface area contributed by atoms with Crippen molar-refractivity contribution in [3.63, 3.8) is 0 Å². The summed E-state index contributed by atoms with van der Waals surface area (Å²) in [6, 6.07) is -0.261. The molecule has 0 fully saturated rings. The molecule has 0 rings (SSSR count). The van der Waals surface area contributed by atoms with Crippen molar-refractivity contribution in [2.75, 3.05) is 0 Å². The molecule has 0 aliphatic carbocycles. The summed E-state index contributed by atoms with van der Waals surface area (Å²) in [7, 11) is 5.57. The Morgan fingerprint density at radius 3 is 2.47 bits per heavy atom. The Hall–Kier alpha value is 0.820. The predicted molar refractivity (Wildman–Crippen MR) is 73.7 cm³/mol. The van der Waals surface area contributed by atoms with Crippen LogP contribution in [0.4, 0.5) is 0 Å². The maximum absolute atomic E-state index is 11.6. The average Bonchev–Trinajstić information content (AvgIpc) is 2.16. The lowest BCUT2D eigenvalue weighted by molar-refractivity contribution is -0.143. The van der Waals surface area contributed by atoms with Crippen LogP contribution in [0.1, 0.15) is 20.3 Å². The number of hydrogen-bond donors (Lipinski definition) is 2. The monoisotopic (exact) mass is 287 g/mol. The predicted octanol–water partition coefficient (Wildman–Crippen LogP) is 2.22. The summed E-state index contributed by atoms with van der Waals surface area (Å²) in [5.41, 5.74) is 0. The molecule has 2 N–H and O–H groups in total. The van der Waals surface area contributed by atoms with Crippen LogP contribution in [0.15, 0.2) is 0 Å². The smallest absolute Gasteiger partial charge is 0.306 e. The van der Waals surface area contributed by atoms with Gasteiger partial charge in [0.05, 0.1) is 12.0 Å². The maximum atomic E-state index is 11.6. The number of ketones is 1. The molecule has 0 aromatic heterocycles. The van der Waals surface area contributed by atoms with Gasteiger partial charge in [-0.25, -0.2) is 0 Å². The first kappa shape index (κ1) is 15.8. The van der Waals surface area contributed by atoms with E-state index in [1.54, 1.807) is 13.8 Å². The van der Waals surface area contributed by atoms with E-state index in [0.717, 1.165) is 0 Å². The van der Waals surface area contributed by atoms with Crippen molar-refractivity contribution < 1.29 is 14.7 Å². The van der Waals surface area contributed by atoms with Crippen LogP contribution >= 0.6 is 33.3 Å². The number of hydrogen-bond acceptors (Lipinski definition) is 3. The largest absolute Gasteiger partial charge is 0.481 e. The highest BCUT2D eigenvalue weighted by atomic mass is 32.6. The molecule has 0 saturated carbocycles. The molecule has 0 amide bonds. The van der Waals surface area contributed by atoms with Crippen molar-refractivity contribution in [1.29, 1.82) is 0 Å². The second-order valence-electron chi connectivity index (χ2n) is 3.26. The van der Waals surface area contributed by atoms with Gasteiger partial charge >= 0.3 is 5.97 Å². The van der Waals surface area contributed by atoms with Gasteiger partial charge in [0, 0.05) is 13.9 Å². The minimum atomic E-state index is -0.920. The summed E-state index contributed by atoms with van der Waals surface area (Å²) >= 11 is 0. The fourth-order valence-corrected chi connectivity index (χ4v) is 3.67. The van der Waals surface area contributed by atoms with E-state index in [1.807, 2.05) is 0 Å². The van der Waals surface area contributed by atoms with Crippen molar-refractivity contribution in [3.8, 4) is 0 Å². The Morgan fingerprint density at radius 1 is 1.53 bits per heavy atom. The molecular weight excluding hydrogens is 270 g/mol. The Labute approximate surface area is 97.4 Å². The number of carbonyl (C=O) groups is 2. The Bertz CT molecular complexity index is 238. The molecule has 0 radical (unpaired) electrons. The third-order valence-electron chi connectivity index (χ3n) is 1.88. The lowest BCUT2D eigenvalue weighted by atomic mass is 10.0. The molecule has 0 bridgehead atoms. The minimum Gasteiger partial charge on any atom is -0.481 e. The van der Waals surface area contributed by atoms with E-state index >= 15 is 0 Å². The molecule has 6 atom stereocenters. The normalized spacial score (nSPS) is 17.6. The van der Waals surface area contributed by atoms with Crippen LogP contribution < -0.4 is 5.09 Å². The Morgan fingerprint density at radius 2 is 2.07 bits per heavy atom. The zero-order valence-corrected chi connectivity index (χ0v) is 12.9. The summed E-state index contributed by atoms with van der Waals surface area (Å²) in [4.78, 5) is 22.1. The van der Waals surface area contributed by atoms with E-state index in [4.69, 9.17) is 5.11 Å². The summed E-state index contributed by atoms with van der Waals surface area (Å²) in [5.74, 6) is -1.56. The summed E-state index contributed by atoms with van der Waals surface area (Å²) in [6.45, 7) is 3.33. The second kappa shape index (κ2) is 7.99. The molecule has 0 aromatic rings. The van der Waals surface area contributed by atoms with Crippen LogP contribution in [0.3, 0.4) is 0 Å². The van der Waals surface area contributed by atoms with Crippen LogP contribution in [-0.2, 0) is 9.59 Å². The van der Waals surface area contributed by atoms with Crippen molar-refractivity contribution in [2.45, 2.75) is 26.3 Å². The van der Waals surface area contributed by atoms with Crippen LogP contribution in [0.5, 0.6) is 0 Å². The van der Waals surface area contributed by atoms with E-state index in [-0.39, 0.29) is 18.2 Å². The van der Waals surface area contributed by atoms with Gasteiger partial charge in [0.15, 0.2) is 5.78 Å². The lowest BCUT2D eigenvalue weighted by Gasteiger charge is -2.18. The molecule has 0 spiro atoms. The van der Waals surface area contributed by atoms with Gasteiger partial charge in [0.25, 0.3) is 0 Å². The highest BCUT2D eigenvalue weighted by Gasteiger charge is 2.20. The molecular formula is C7H17NO3P4. The fourth-order valence-electron chi connectivity index (χ4n) is 0.884. The Kier molecular flexibility index (Phi) is 8.43. The molecule has 4 nitrogen and oxygen atoms in total. The zero-order chi connectivity index (χ0) is 12.0. The quantitative estimate of drug-likeness (QED) is 0.705. The van der Waals surface area contributed by atoms with Crippen LogP contribution in [0.25, 0.3) is 0 Å². The highest BCUT2D eigenvalue weighted by molar-refractivity contribution is 8.60. The topological polar surface area (TPSA) is 66.4 Å². The molecule has 0 aliphatic rings. The van der Waals surface area contributed by atoms with Crippen LogP contribution in [0.2, 0.25) is 0 Å². The van der Waals surface area contributed by atoms with Crippen molar-refractivity contribution in [1.82, 2.24) is 5.09 Å². The van der Waals surface area contributed by atoms with Crippen molar-refractivity contribution in [2.24, 2.45) is 5.92 Å². The van der Waals surface area contributed by atoms with Gasteiger partial charge in [-0.05, 0) is 6.92 Å². The number of Topliss-reactive ketones (excluding diaryl/α,β-unsaturated/α-hetero) is 1. The molecule has 0 aliphatic heterocycles. The molecule has 8 heteroatoms. The molecule has 0 aromatic carbocycles. The van der Waals surface area contributed by atoms with Gasteiger partial charge in [-0.1, -0.05) is 23.8 Å². The molecule has 4 unspecified atom stereocenters. The number of carboxylic acid groups (broad SMARTS) is 1. The number of carbonyl (C=O) groups excluding carboxylic acids is 1. The molecule has 0 heterocycles. The third kappa shape index (κ3) is 6.88. The maximum Gasteiger partial charge on any atom is 0.306 e. The van der Waals surface area contributed by atoms with Gasteiger partial charge in [-0.3, -0.25) is 14.7 Å². The van der Waals surface area contributed by atoms with Crippen molar-refractivity contribution >= 4 is 45.0 Å². The van der Waals surface area contributed by atoms with Gasteiger partial charge in [-0.2, -0.15) is 0 Å². The summed E-state index contributed by atoms with van der Waals surface area (Å²) in [6.07, 6.45) is 0.0946. The number of nitrogens with one attached hydrogen (secondary N) is 1. The molecule has 15 heavy (non-hydrogen) atoms. The highest BCUT2D eigenvalue weighted by Crippen LogP contribution is 2.62. The van der Waals surface area contributed by atoms with E-state index in [9.17, 15) is 9.59 Å². The third-order valence-corrected chi connectivity index (χ3v) is 11.0. The standard InChI is InChI=1S/C7H17NO3P4/c1-4(7(10)11)3-6(9)5(2)8-15(13)14-12/h4-5,8,14H,3,12-13H2,1-2H3,(H,10,11)/t4-,5+,15?/m1/s1. The molecule has 88 valence electrons. The zero-order valence-electron chi connectivity index (χ0n) is 8.73. The van der Waals surface area contributed by atoms with E-state index in [1.165, 1.54) is 0 Å². The van der Waals surface area contributed by atoms with Gasteiger partial charge in [0.2, 0.25) is 0 Å². The van der Waals surface area contributed by atoms with E-state index < -0.39 is 19.3 Å². The Balaban J connectivity index is 4.04. The van der Waals surface area contributed by atoms with E-state index in [2.05, 4.69) is 22.9 Å². The van der Waals surface area contributed by atoms with E-state index in [0.29, 0.717) is 7.96 Å². The van der Waals surface area contributed by atoms with Crippen LogP contribution in [-0.4, -0.2) is 22.9 Å². The first-order chi connectivity index (χ1) is 6.88. The number of rotatable bonds is 7. The van der Waals surface area contributed by atoms with Gasteiger partial charge in [0.1, 0.15) is 0 Å². The first-order valence-corrected chi connectivity index (χ1v) is 11.0. The number of carboxylic acids is 1. The summed E-state index contributed by atoms with van der Waals surface area (Å²) < 4.78 is 0.